The van der Waals surface area contributed by atoms with Crippen LogP contribution < -0.4 is 0 Å². The Labute approximate surface area is 76.7 Å². The van der Waals surface area contributed by atoms with E-state index in [2.05, 4.69) is 5.18 Å². The van der Waals surface area contributed by atoms with E-state index in [1.165, 1.54) is 0 Å². The van der Waals surface area contributed by atoms with E-state index in [4.69, 9.17) is 9.84 Å². The van der Waals surface area contributed by atoms with E-state index >= 15 is 0 Å². The Bertz CT molecular complexity index is 199. The molecule has 1 rings (SSSR count). The summed E-state index contributed by atoms with van der Waals surface area (Å²) in [7, 11) is 0. The molecule has 4 atom stereocenters. The predicted octanol–water partition coefficient (Wildman–Crippen LogP) is -0.100. The van der Waals surface area contributed by atoms with Crippen molar-refractivity contribution in [2.45, 2.75) is 31.7 Å². The first-order valence-corrected chi connectivity index (χ1v) is 4.33. The van der Waals surface area contributed by atoms with E-state index in [1.54, 1.807) is 6.92 Å². The summed E-state index contributed by atoms with van der Waals surface area (Å²) in [5.41, 5.74) is -1.18. The summed E-state index contributed by atoms with van der Waals surface area (Å²) < 4.78 is 5.37. The first-order valence-electron chi connectivity index (χ1n) is 4.33. The molecule has 5 nitrogen and oxygen atoms in total. The van der Waals surface area contributed by atoms with E-state index < -0.39 is 11.7 Å². The van der Waals surface area contributed by atoms with Gasteiger partial charge in [0, 0.05) is 5.92 Å². The highest BCUT2D eigenvalue weighted by Gasteiger charge is 2.51. The maximum Gasteiger partial charge on any atom is 0.140 e. The zero-order chi connectivity index (χ0) is 10.1. The number of aliphatic hydroxyl groups excluding tert-OH is 2. The van der Waals surface area contributed by atoms with Gasteiger partial charge in [-0.3, -0.25) is 0 Å². The summed E-state index contributed by atoms with van der Waals surface area (Å²) in [6.45, 7) is 3.03. The average molecular weight is 189 g/mol. The zero-order valence-electron chi connectivity index (χ0n) is 7.80. The van der Waals surface area contributed by atoms with Crippen LogP contribution in [0.25, 0.3) is 0 Å². The van der Waals surface area contributed by atoms with Gasteiger partial charge in [-0.2, -0.15) is 4.91 Å². The van der Waals surface area contributed by atoms with Gasteiger partial charge in [0.2, 0.25) is 0 Å². The summed E-state index contributed by atoms with van der Waals surface area (Å²) >= 11 is 0. The van der Waals surface area contributed by atoms with Crippen molar-refractivity contribution in [3.63, 3.8) is 0 Å². The monoisotopic (exact) mass is 189 g/mol. The van der Waals surface area contributed by atoms with Crippen molar-refractivity contribution in [1.29, 1.82) is 0 Å². The van der Waals surface area contributed by atoms with Crippen LogP contribution in [-0.2, 0) is 4.74 Å². The van der Waals surface area contributed by atoms with Crippen LogP contribution in [0, 0.1) is 10.8 Å². The van der Waals surface area contributed by atoms with E-state index in [0.29, 0.717) is 0 Å². The van der Waals surface area contributed by atoms with Gasteiger partial charge in [-0.15, -0.1) is 0 Å². The highest BCUT2D eigenvalue weighted by molar-refractivity contribution is 5.00. The number of nitroso groups, excluding NO2 is 1. The molecule has 0 bridgehead atoms. The summed E-state index contributed by atoms with van der Waals surface area (Å²) in [4.78, 5) is 10.1. The van der Waals surface area contributed by atoms with Gasteiger partial charge in [0.25, 0.3) is 0 Å². The van der Waals surface area contributed by atoms with Crippen LogP contribution in [0.15, 0.2) is 5.18 Å². The largest absolute Gasteiger partial charge is 0.393 e. The summed E-state index contributed by atoms with van der Waals surface area (Å²) in [6.07, 6.45) is -0.992. The summed E-state index contributed by atoms with van der Waals surface area (Å²) in [5, 5.41) is 21.5. The zero-order valence-corrected chi connectivity index (χ0v) is 7.80. The molecule has 0 aliphatic carbocycles. The van der Waals surface area contributed by atoms with Crippen LogP contribution in [0.1, 0.15) is 13.8 Å². The van der Waals surface area contributed by atoms with Crippen LogP contribution >= 0.6 is 0 Å². The third-order valence-corrected chi connectivity index (χ3v) is 2.80. The molecule has 0 spiro atoms. The van der Waals surface area contributed by atoms with E-state index in [-0.39, 0.29) is 25.2 Å². The number of aliphatic hydroxyl groups is 2. The van der Waals surface area contributed by atoms with Crippen molar-refractivity contribution in [3.05, 3.63) is 4.91 Å². The van der Waals surface area contributed by atoms with Crippen LogP contribution in [0.4, 0.5) is 0 Å². The van der Waals surface area contributed by atoms with Gasteiger partial charge in [0.1, 0.15) is 12.1 Å². The van der Waals surface area contributed by atoms with E-state index in [9.17, 15) is 10.0 Å². The van der Waals surface area contributed by atoms with Crippen LogP contribution in [-0.4, -0.2) is 41.2 Å². The molecule has 1 aliphatic heterocycles. The lowest BCUT2D eigenvalue weighted by atomic mass is 9.90. The molecule has 13 heavy (non-hydrogen) atoms. The molecule has 1 aliphatic rings. The van der Waals surface area contributed by atoms with Gasteiger partial charge >= 0.3 is 0 Å². The normalized spacial score (nSPS) is 45.1. The second kappa shape index (κ2) is 3.69. The third-order valence-electron chi connectivity index (χ3n) is 2.80. The lowest BCUT2D eigenvalue weighted by Crippen LogP contribution is -2.47. The maximum atomic E-state index is 10.1. The van der Waals surface area contributed by atoms with E-state index in [0.717, 1.165) is 0 Å². The lowest BCUT2D eigenvalue weighted by Gasteiger charge is -2.27. The van der Waals surface area contributed by atoms with Gasteiger partial charge in [-0.05, 0) is 6.92 Å². The first-order chi connectivity index (χ1) is 6.07. The molecular weight excluding hydrogens is 174 g/mol. The molecule has 0 aromatic rings. The highest BCUT2D eigenvalue weighted by Crippen LogP contribution is 2.35. The molecule has 76 valence electrons. The molecule has 1 fully saturated rings. The molecule has 2 N–H and O–H groups in total. The number of hydrogen-bond donors (Lipinski definition) is 2. The van der Waals surface area contributed by atoms with Crippen LogP contribution in [0.3, 0.4) is 0 Å². The van der Waals surface area contributed by atoms with E-state index in [1.807, 2.05) is 6.92 Å². The molecule has 0 saturated carbocycles. The molecule has 5 heteroatoms. The van der Waals surface area contributed by atoms with Crippen molar-refractivity contribution in [2.75, 3.05) is 13.2 Å². The fourth-order valence-corrected chi connectivity index (χ4v) is 1.70. The molecule has 0 radical (unpaired) electrons. The first kappa shape index (κ1) is 10.6. The number of rotatable bonds is 3. The topological polar surface area (TPSA) is 79.1 Å². The molecule has 0 amide bonds. The Kier molecular flexibility index (Phi) is 3.00. The smallest absolute Gasteiger partial charge is 0.140 e. The van der Waals surface area contributed by atoms with Gasteiger partial charge in [0.15, 0.2) is 0 Å². The Morgan fingerprint density at radius 2 is 2.15 bits per heavy atom. The fraction of sp³-hybridized carbons (Fsp3) is 1.00. The Balaban J connectivity index is 2.82. The highest BCUT2D eigenvalue weighted by atomic mass is 16.5. The molecule has 2 unspecified atom stereocenters. The quantitative estimate of drug-likeness (QED) is 0.607. The third kappa shape index (κ3) is 1.59. The van der Waals surface area contributed by atoms with Crippen molar-refractivity contribution < 1.29 is 14.9 Å². The average Bonchev–Trinajstić information content (AvgIpc) is 2.32. The Morgan fingerprint density at radius 1 is 1.54 bits per heavy atom. The van der Waals surface area contributed by atoms with Crippen molar-refractivity contribution >= 4 is 0 Å². The number of hydrogen-bond acceptors (Lipinski definition) is 5. The van der Waals surface area contributed by atoms with Crippen molar-refractivity contribution in [2.24, 2.45) is 11.1 Å². The van der Waals surface area contributed by atoms with Crippen molar-refractivity contribution in [3.8, 4) is 0 Å². The minimum atomic E-state index is -1.18. The Hall–Kier alpha value is -0.520. The molecule has 0 aromatic heterocycles. The lowest BCUT2D eigenvalue weighted by molar-refractivity contribution is -0.101. The molecule has 0 aromatic carbocycles. The molecule has 1 heterocycles. The second-order valence-electron chi connectivity index (χ2n) is 3.64. The number of nitrogens with zero attached hydrogens (tertiary/aromatic N) is 1. The standard InChI is InChI=1S/C8H15NO4/c1-5-6(2)13-8(4-10,3-9-12)7(5)11/h5-7,10-11H,3-4H2,1-2H3/t5?,6-,7?,8+/m0/s1. The molecule has 1 saturated heterocycles. The second-order valence-corrected chi connectivity index (χ2v) is 3.64. The Morgan fingerprint density at radius 3 is 2.46 bits per heavy atom. The van der Waals surface area contributed by atoms with Gasteiger partial charge in [0.05, 0.1) is 18.8 Å². The van der Waals surface area contributed by atoms with Gasteiger partial charge < -0.3 is 14.9 Å². The van der Waals surface area contributed by atoms with Crippen LogP contribution in [0.2, 0.25) is 0 Å². The SMILES string of the molecule is CC1C(O)[C@](CO)(CN=O)O[C@H]1C. The van der Waals surface area contributed by atoms with Gasteiger partial charge in [-0.1, -0.05) is 12.1 Å². The van der Waals surface area contributed by atoms with Crippen molar-refractivity contribution in [1.82, 2.24) is 0 Å². The maximum absolute atomic E-state index is 10.1. The summed E-state index contributed by atoms with van der Waals surface area (Å²) in [6, 6.07) is 0. The minimum absolute atomic E-state index is 0.0890. The predicted molar refractivity (Wildman–Crippen MR) is 46.2 cm³/mol. The fourth-order valence-electron chi connectivity index (χ4n) is 1.70. The summed E-state index contributed by atoms with van der Waals surface area (Å²) in [5.74, 6) is -0.0890. The number of ether oxygens (including phenoxy) is 1. The molecular formula is C8H15NO4. The minimum Gasteiger partial charge on any atom is -0.393 e. The van der Waals surface area contributed by atoms with Crippen LogP contribution in [0.5, 0.6) is 0 Å². The van der Waals surface area contributed by atoms with Gasteiger partial charge in [-0.25, -0.2) is 0 Å².